The van der Waals surface area contributed by atoms with Crippen molar-refractivity contribution < 1.29 is 9.53 Å². The number of alkyl carbamates (subject to hydrolysis) is 1. The molecule has 0 bridgehead atoms. The molecular weight excluding hydrogens is 254 g/mol. The topological polar surface area (TPSA) is 62.7 Å². The Balaban J connectivity index is 1.97. The van der Waals surface area contributed by atoms with E-state index in [-0.39, 0.29) is 5.92 Å². The van der Waals surface area contributed by atoms with Crippen molar-refractivity contribution in [1.29, 1.82) is 0 Å². The highest BCUT2D eigenvalue weighted by Gasteiger charge is 2.17. The van der Waals surface area contributed by atoms with Crippen molar-refractivity contribution in [2.75, 3.05) is 20.2 Å². The molecule has 1 aromatic rings. The van der Waals surface area contributed by atoms with E-state index in [1.807, 2.05) is 24.3 Å². The molecule has 1 amide bonds. The van der Waals surface area contributed by atoms with E-state index in [1.54, 1.807) is 0 Å². The van der Waals surface area contributed by atoms with Crippen molar-refractivity contribution in [3.63, 3.8) is 0 Å². The SMILES string of the molecule is COC(=O)NC1=NCC(c2ccc(Cl)cc2)CN1. The van der Waals surface area contributed by atoms with E-state index in [2.05, 4.69) is 20.4 Å². The Kier molecular flexibility index (Phi) is 4.04. The Morgan fingerprint density at radius 3 is 2.78 bits per heavy atom. The van der Waals surface area contributed by atoms with Gasteiger partial charge in [-0.3, -0.25) is 10.3 Å². The van der Waals surface area contributed by atoms with Crippen LogP contribution in [-0.2, 0) is 4.74 Å². The van der Waals surface area contributed by atoms with Gasteiger partial charge >= 0.3 is 6.09 Å². The summed E-state index contributed by atoms with van der Waals surface area (Å²) in [4.78, 5) is 15.3. The predicted molar refractivity (Wildman–Crippen MR) is 70.0 cm³/mol. The Hall–Kier alpha value is -1.75. The monoisotopic (exact) mass is 267 g/mol. The van der Waals surface area contributed by atoms with Crippen molar-refractivity contribution in [2.45, 2.75) is 5.92 Å². The summed E-state index contributed by atoms with van der Waals surface area (Å²) in [7, 11) is 1.31. The first-order chi connectivity index (χ1) is 8.69. The number of carbonyl (C=O) groups is 1. The fraction of sp³-hybridized carbons (Fsp3) is 0.333. The Morgan fingerprint density at radius 2 is 2.22 bits per heavy atom. The summed E-state index contributed by atoms with van der Waals surface area (Å²) in [6.45, 7) is 1.33. The van der Waals surface area contributed by atoms with E-state index in [0.29, 0.717) is 19.0 Å². The van der Waals surface area contributed by atoms with Crippen LogP contribution in [0.15, 0.2) is 29.3 Å². The number of nitrogens with one attached hydrogen (secondary N) is 2. The molecule has 1 unspecified atom stereocenters. The number of carbonyl (C=O) groups excluding carboxylic acids is 1. The maximum Gasteiger partial charge on any atom is 0.413 e. The van der Waals surface area contributed by atoms with Crippen LogP contribution in [0.3, 0.4) is 0 Å². The minimum absolute atomic E-state index is 0.283. The van der Waals surface area contributed by atoms with Crippen LogP contribution < -0.4 is 10.6 Å². The summed E-state index contributed by atoms with van der Waals surface area (Å²) in [6.07, 6.45) is -0.522. The Labute approximate surface area is 110 Å². The standard InChI is InChI=1S/C12H14ClN3O2/c1-18-12(17)16-11-14-6-9(7-15-11)8-2-4-10(13)5-3-8/h2-5,9H,6-7H2,1H3,(H2,14,15,16,17). The van der Waals surface area contributed by atoms with Crippen LogP contribution in [-0.4, -0.2) is 32.3 Å². The predicted octanol–water partition coefficient (Wildman–Crippen LogP) is 1.74. The number of amides is 1. The van der Waals surface area contributed by atoms with E-state index in [9.17, 15) is 4.79 Å². The van der Waals surface area contributed by atoms with E-state index in [4.69, 9.17) is 11.6 Å². The third-order valence-electron chi connectivity index (χ3n) is 2.73. The third kappa shape index (κ3) is 3.13. The molecule has 6 heteroatoms. The van der Waals surface area contributed by atoms with Crippen LogP contribution in [0.2, 0.25) is 5.02 Å². The van der Waals surface area contributed by atoms with Crippen LogP contribution >= 0.6 is 11.6 Å². The molecule has 0 aliphatic carbocycles. The third-order valence-corrected chi connectivity index (χ3v) is 2.98. The van der Waals surface area contributed by atoms with Crippen LogP contribution in [0.25, 0.3) is 0 Å². The molecule has 5 nitrogen and oxygen atoms in total. The number of methoxy groups -OCH3 is 1. The van der Waals surface area contributed by atoms with Crippen LogP contribution in [0.5, 0.6) is 0 Å². The molecule has 96 valence electrons. The van der Waals surface area contributed by atoms with E-state index in [1.165, 1.54) is 12.7 Å². The second-order valence-electron chi connectivity index (χ2n) is 3.94. The molecule has 1 aromatic carbocycles. The van der Waals surface area contributed by atoms with Crippen molar-refractivity contribution in [1.82, 2.24) is 10.6 Å². The average molecular weight is 268 g/mol. The number of guanidine groups is 1. The molecule has 0 spiro atoms. The summed E-state index contributed by atoms with van der Waals surface area (Å²) >= 11 is 5.84. The largest absolute Gasteiger partial charge is 0.453 e. The number of benzene rings is 1. The Bertz CT molecular complexity index is 459. The number of hydrogen-bond donors (Lipinski definition) is 2. The summed E-state index contributed by atoms with van der Waals surface area (Å²) < 4.78 is 4.49. The van der Waals surface area contributed by atoms with Crippen LogP contribution in [0, 0.1) is 0 Å². The van der Waals surface area contributed by atoms with Crippen LogP contribution in [0.1, 0.15) is 11.5 Å². The lowest BCUT2D eigenvalue weighted by Crippen LogP contribution is -2.45. The summed E-state index contributed by atoms with van der Waals surface area (Å²) in [5.41, 5.74) is 1.17. The van der Waals surface area contributed by atoms with Gasteiger partial charge in [-0.05, 0) is 17.7 Å². The second-order valence-corrected chi connectivity index (χ2v) is 4.37. The highest BCUT2D eigenvalue weighted by Crippen LogP contribution is 2.19. The van der Waals surface area contributed by atoms with Gasteiger partial charge in [0.15, 0.2) is 0 Å². The summed E-state index contributed by atoms with van der Waals surface area (Å²) in [5, 5.41) is 6.28. The van der Waals surface area contributed by atoms with Crippen molar-refractivity contribution in [3.05, 3.63) is 34.9 Å². The summed E-state index contributed by atoms with van der Waals surface area (Å²) in [6, 6.07) is 7.71. The van der Waals surface area contributed by atoms with Crippen molar-refractivity contribution in [2.24, 2.45) is 4.99 Å². The zero-order chi connectivity index (χ0) is 13.0. The van der Waals surface area contributed by atoms with E-state index < -0.39 is 6.09 Å². The second kappa shape index (κ2) is 5.73. The number of hydrogen-bond acceptors (Lipinski definition) is 4. The Morgan fingerprint density at radius 1 is 1.50 bits per heavy atom. The van der Waals surface area contributed by atoms with Crippen LogP contribution in [0.4, 0.5) is 4.79 Å². The average Bonchev–Trinajstić information content (AvgIpc) is 2.40. The van der Waals surface area contributed by atoms with Gasteiger partial charge in [0.25, 0.3) is 0 Å². The molecule has 0 radical (unpaired) electrons. The lowest BCUT2D eigenvalue weighted by Gasteiger charge is -2.23. The van der Waals surface area contributed by atoms with Gasteiger partial charge in [-0.25, -0.2) is 4.79 Å². The van der Waals surface area contributed by atoms with Gasteiger partial charge in [-0.15, -0.1) is 0 Å². The maximum atomic E-state index is 11.0. The molecule has 0 saturated carbocycles. The summed E-state index contributed by atoms with van der Waals surface area (Å²) in [5.74, 6) is 0.734. The number of halogens is 1. The minimum atomic E-state index is -0.522. The van der Waals surface area contributed by atoms with Gasteiger partial charge in [0, 0.05) is 17.5 Å². The van der Waals surface area contributed by atoms with Gasteiger partial charge in [-0.2, -0.15) is 0 Å². The quantitative estimate of drug-likeness (QED) is 0.815. The van der Waals surface area contributed by atoms with Gasteiger partial charge in [0.1, 0.15) is 0 Å². The fourth-order valence-corrected chi connectivity index (χ4v) is 1.86. The van der Waals surface area contributed by atoms with E-state index in [0.717, 1.165) is 5.02 Å². The molecule has 0 aromatic heterocycles. The first kappa shape index (κ1) is 12.7. The normalized spacial score (nSPS) is 18.6. The zero-order valence-corrected chi connectivity index (χ0v) is 10.7. The van der Waals surface area contributed by atoms with Crippen molar-refractivity contribution >= 4 is 23.7 Å². The van der Waals surface area contributed by atoms with Gasteiger partial charge in [0.2, 0.25) is 5.96 Å². The molecule has 1 aliphatic heterocycles. The molecule has 18 heavy (non-hydrogen) atoms. The first-order valence-electron chi connectivity index (χ1n) is 5.58. The molecule has 1 aliphatic rings. The molecule has 2 rings (SSSR count). The highest BCUT2D eigenvalue weighted by atomic mass is 35.5. The number of ether oxygens (including phenoxy) is 1. The number of nitrogens with zero attached hydrogens (tertiary/aromatic N) is 1. The smallest absolute Gasteiger partial charge is 0.413 e. The molecule has 2 N–H and O–H groups in total. The first-order valence-corrected chi connectivity index (χ1v) is 5.95. The minimum Gasteiger partial charge on any atom is -0.453 e. The molecule has 1 heterocycles. The molecule has 0 fully saturated rings. The number of rotatable bonds is 1. The van der Waals surface area contributed by atoms with E-state index >= 15 is 0 Å². The van der Waals surface area contributed by atoms with Gasteiger partial charge < -0.3 is 10.1 Å². The molecular formula is C12H14ClN3O2. The van der Waals surface area contributed by atoms with Gasteiger partial charge in [0.05, 0.1) is 13.7 Å². The lowest BCUT2D eigenvalue weighted by molar-refractivity contribution is 0.176. The molecule has 1 atom stereocenters. The maximum absolute atomic E-state index is 11.0. The number of aliphatic imine (C=N–C) groups is 1. The van der Waals surface area contributed by atoms with Gasteiger partial charge in [-0.1, -0.05) is 23.7 Å². The molecule has 0 saturated heterocycles. The zero-order valence-electron chi connectivity index (χ0n) is 9.94. The fourth-order valence-electron chi connectivity index (χ4n) is 1.73. The lowest BCUT2D eigenvalue weighted by atomic mass is 9.98. The van der Waals surface area contributed by atoms with Crippen molar-refractivity contribution in [3.8, 4) is 0 Å². The highest BCUT2D eigenvalue weighted by molar-refractivity contribution is 6.30.